The predicted octanol–water partition coefficient (Wildman–Crippen LogP) is -1.88. The molecule has 0 aliphatic carbocycles. The van der Waals surface area contributed by atoms with Crippen LogP contribution in [0.15, 0.2) is 0 Å². The molecule has 0 aromatic heterocycles. The average Bonchev–Trinajstić information content (AvgIpc) is 3.25. The van der Waals surface area contributed by atoms with Gasteiger partial charge >= 0.3 is 5.97 Å². The molecule has 13 heteroatoms. The highest BCUT2D eigenvalue weighted by Crippen LogP contribution is 2.19. The van der Waals surface area contributed by atoms with E-state index in [2.05, 4.69) is 10.6 Å². The molecule has 9 N–H and O–H groups in total. The van der Waals surface area contributed by atoms with Gasteiger partial charge in [0.15, 0.2) is 0 Å². The molecule has 0 aromatic rings. The van der Waals surface area contributed by atoms with E-state index in [0.717, 1.165) is 11.3 Å². The zero-order valence-corrected chi connectivity index (χ0v) is 19.8. The number of nitrogens with zero attached hydrogens (tertiary/aromatic N) is 1. The number of carbonyl (C=O) groups excluding carboxylic acids is 4. The van der Waals surface area contributed by atoms with Crippen molar-refractivity contribution in [2.75, 3.05) is 25.1 Å². The number of carboxylic acids is 1. The molecule has 33 heavy (non-hydrogen) atoms. The molecule has 4 unspecified atom stereocenters. The van der Waals surface area contributed by atoms with Gasteiger partial charge in [0.05, 0.1) is 12.5 Å². The van der Waals surface area contributed by atoms with Crippen LogP contribution in [0.5, 0.6) is 0 Å². The molecule has 0 spiro atoms. The van der Waals surface area contributed by atoms with Crippen LogP contribution >= 0.6 is 11.8 Å². The summed E-state index contributed by atoms with van der Waals surface area (Å²) < 4.78 is 0. The van der Waals surface area contributed by atoms with E-state index >= 15 is 0 Å². The smallest absolute Gasteiger partial charge is 0.326 e. The normalized spacial score (nSPS) is 18.3. The van der Waals surface area contributed by atoms with Crippen molar-refractivity contribution in [2.24, 2.45) is 17.2 Å². The summed E-state index contributed by atoms with van der Waals surface area (Å²) in [5, 5.41) is 14.5. The van der Waals surface area contributed by atoms with Gasteiger partial charge in [-0.2, -0.15) is 11.8 Å². The molecule has 4 amide bonds. The molecule has 1 fully saturated rings. The second-order valence-corrected chi connectivity index (χ2v) is 8.98. The topological polar surface area (TPSA) is 211 Å². The molecule has 1 heterocycles. The van der Waals surface area contributed by atoms with Crippen molar-refractivity contribution in [3.05, 3.63) is 0 Å². The number of thioether (sulfide) groups is 1. The lowest BCUT2D eigenvalue weighted by molar-refractivity contribution is -0.149. The minimum absolute atomic E-state index is 0.200. The quantitative estimate of drug-likeness (QED) is 0.142. The van der Waals surface area contributed by atoms with E-state index in [4.69, 9.17) is 17.2 Å². The Morgan fingerprint density at radius 3 is 2.33 bits per heavy atom. The van der Waals surface area contributed by atoms with Crippen LogP contribution in [0.2, 0.25) is 0 Å². The summed E-state index contributed by atoms with van der Waals surface area (Å²) in [4.78, 5) is 62.5. The van der Waals surface area contributed by atoms with Gasteiger partial charge in [-0.3, -0.25) is 19.2 Å². The first-order chi connectivity index (χ1) is 15.6. The summed E-state index contributed by atoms with van der Waals surface area (Å²) >= 11 is 1.47. The summed E-state index contributed by atoms with van der Waals surface area (Å²) in [5.41, 5.74) is 16.6. The first kappa shape index (κ1) is 28.7. The van der Waals surface area contributed by atoms with Crippen LogP contribution in [-0.4, -0.2) is 88.9 Å². The highest BCUT2D eigenvalue weighted by atomic mass is 32.2. The minimum atomic E-state index is -1.33. The first-order valence-corrected chi connectivity index (χ1v) is 12.4. The number of unbranched alkanes of at least 4 members (excludes halogenated alkanes) is 1. The zero-order chi connectivity index (χ0) is 25.0. The Bertz CT molecular complexity index is 709. The summed E-state index contributed by atoms with van der Waals surface area (Å²) in [7, 11) is 0. The molecule has 1 rings (SSSR count). The average molecular weight is 489 g/mol. The van der Waals surface area contributed by atoms with Gasteiger partial charge in [-0.05, 0) is 50.7 Å². The van der Waals surface area contributed by atoms with Crippen LogP contribution < -0.4 is 27.8 Å². The predicted molar refractivity (Wildman–Crippen MR) is 124 cm³/mol. The lowest BCUT2D eigenvalue weighted by Gasteiger charge is -2.28. The van der Waals surface area contributed by atoms with E-state index in [9.17, 15) is 29.1 Å². The monoisotopic (exact) mass is 488 g/mol. The summed E-state index contributed by atoms with van der Waals surface area (Å²) in [6.45, 7) is 0.688. The molecule has 1 saturated heterocycles. The molecule has 0 radical (unpaired) electrons. The van der Waals surface area contributed by atoms with Gasteiger partial charge in [0.2, 0.25) is 23.6 Å². The van der Waals surface area contributed by atoms with E-state index in [1.165, 1.54) is 11.8 Å². The number of hydrogen-bond donors (Lipinski definition) is 6. The van der Waals surface area contributed by atoms with Crippen LogP contribution in [0.3, 0.4) is 0 Å². The van der Waals surface area contributed by atoms with Crippen molar-refractivity contribution in [3.8, 4) is 0 Å². The molecule has 1 aliphatic heterocycles. The van der Waals surface area contributed by atoms with Crippen molar-refractivity contribution in [3.63, 3.8) is 0 Å². The van der Waals surface area contributed by atoms with Crippen LogP contribution in [0.4, 0.5) is 0 Å². The van der Waals surface area contributed by atoms with Gasteiger partial charge in [-0.15, -0.1) is 0 Å². The molecular formula is C20H36N6O6S. The molecular weight excluding hydrogens is 452 g/mol. The fourth-order valence-electron chi connectivity index (χ4n) is 3.58. The highest BCUT2D eigenvalue weighted by Gasteiger charge is 2.38. The number of nitrogens with two attached hydrogens (primary N) is 3. The van der Waals surface area contributed by atoms with Crippen LogP contribution in [0.25, 0.3) is 0 Å². The van der Waals surface area contributed by atoms with Gasteiger partial charge in [0, 0.05) is 6.54 Å². The Hall–Kier alpha value is -2.38. The fourth-order valence-corrected chi connectivity index (χ4v) is 4.06. The highest BCUT2D eigenvalue weighted by molar-refractivity contribution is 7.98. The lowest BCUT2D eigenvalue weighted by Crippen LogP contribution is -2.57. The van der Waals surface area contributed by atoms with E-state index in [0.29, 0.717) is 31.6 Å². The third kappa shape index (κ3) is 9.56. The number of carboxylic acid groups (broad SMARTS) is 1. The Morgan fingerprint density at radius 2 is 1.76 bits per heavy atom. The van der Waals surface area contributed by atoms with Gasteiger partial charge in [0.1, 0.15) is 18.1 Å². The third-order valence-corrected chi connectivity index (χ3v) is 6.03. The summed E-state index contributed by atoms with van der Waals surface area (Å²) in [6.07, 6.45) is 4.20. The number of carbonyl (C=O) groups is 5. The summed E-state index contributed by atoms with van der Waals surface area (Å²) in [5.74, 6) is -3.30. The number of aliphatic carboxylic acids is 1. The van der Waals surface area contributed by atoms with E-state index in [1.807, 2.05) is 6.26 Å². The minimum Gasteiger partial charge on any atom is -0.480 e. The molecule has 1 aliphatic rings. The fraction of sp³-hybridized carbons (Fsp3) is 0.750. The Labute approximate surface area is 197 Å². The van der Waals surface area contributed by atoms with Gasteiger partial charge in [-0.1, -0.05) is 6.42 Å². The maximum Gasteiger partial charge on any atom is 0.326 e. The standard InChI is InChI=1S/C20H36N6O6S/c1-33-10-7-13(24-17(28)12(22)5-2-3-8-21)18(29)25-14(11-16(23)27)19(30)26-9-4-6-15(26)20(31)32/h12-15H,2-11,21-22H2,1H3,(H2,23,27)(H,24,28)(H,25,29)(H,31,32). The molecule has 0 bridgehead atoms. The maximum atomic E-state index is 13.0. The Morgan fingerprint density at radius 1 is 1.09 bits per heavy atom. The zero-order valence-electron chi connectivity index (χ0n) is 19.0. The molecule has 4 atom stereocenters. The second-order valence-electron chi connectivity index (χ2n) is 7.99. The van der Waals surface area contributed by atoms with E-state index < -0.39 is 60.2 Å². The molecule has 188 valence electrons. The van der Waals surface area contributed by atoms with Crippen molar-refractivity contribution in [2.45, 2.75) is 69.1 Å². The van der Waals surface area contributed by atoms with Crippen molar-refractivity contribution in [1.29, 1.82) is 0 Å². The number of nitrogens with one attached hydrogen (secondary N) is 2. The first-order valence-electron chi connectivity index (χ1n) is 11.0. The second kappa shape index (κ2) is 14.7. The van der Waals surface area contributed by atoms with Gasteiger partial charge in [-0.25, -0.2) is 4.79 Å². The molecule has 12 nitrogen and oxygen atoms in total. The number of rotatable bonds is 15. The molecule has 0 aromatic carbocycles. The van der Waals surface area contributed by atoms with E-state index in [-0.39, 0.29) is 19.4 Å². The van der Waals surface area contributed by atoms with Crippen molar-refractivity contribution >= 4 is 41.4 Å². The number of amides is 4. The number of hydrogen-bond acceptors (Lipinski definition) is 8. The Balaban J connectivity index is 2.92. The lowest BCUT2D eigenvalue weighted by atomic mass is 10.1. The number of likely N-dealkylation sites (tertiary alicyclic amines) is 1. The third-order valence-electron chi connectivity index (χ3n) is 5.39. The number of primary amides is 1. The Kier molecular flexibility index (Phi) is 12.8. The molecule has 0 saturated carbocycles. The van der Waals surface area contributed by atoms with E-state index in [1.54, 1.807) is 0 Å². The largest absolute Gasteiger partial charge is 0.480 e. The van der Waals surface area contributed by atoms with Crippen molar-refractivity contribution in [1.82, 2.24) is 15.5 Å². The van der Waals surface area contributed by atoms with Crippen LogP contribution in [0.1, 0.15) is 44.9 Å². The van der Waals surface area contributed by atoms with Crippen LogP contribution in [0, 0.1) is 0 Å². The summed E-state index contributed by atoms with van der Waals surface area (Å²) in [6, 6.07) is -4.15. The van der Waals surface area contributed by atoms with Crippen LogP contribution in [-0.2, 0) is 24.0 Å². The SMILES string of the molecule is CSCCC(NC(=O)C(N)CCCCN)C(=O)NC(CC(N)=O)C(=O)N1CCCC1C(=O)O. The van der Waals surface area contributed by atoms with Gasteiger partial charge in [0.25, 0.3) is 0 Å². The maximum absolute atomic E-state index is 13.0. The van der Waals surface area contributed by atoms with Crippen molar-refractivity contribution < 1.29 is 29.1 Å². The van der Waals surface area contributed by atoms with Gasteiger partial charge < -0.3 is 37.8 Å².